The minimum atomic E-state index is 0.682. The zero-order valence-corrected chi connectivity index (χ0v) is 9.70. The van der Waals surface area contributed by atoms with Crippen LogP contribution in [-0.2, 0) is 0 Å². The van der Waals surface area contributed by atoms with Gasteiger partial charge in [0.2, 0.25) is 0 Å². The molecule has 0 aromatic rings. The first-order chi connectivity index (χ1) is 7.42. The molecule has 0 bridgehead atoms. The van der Waals surface area contributed by atoms with Crippen molar-refractivity contribution in [1.82, 2.24) is 4.90 Å². The van der Waals surface area contributed by atoms with E-state index in [2.05, 4.69) is 17.1 Å². The summed E-state index contributed by atoms with van der Waals surface area (Å²) in [7, 11) is 0. The molecule has 2 nitrogen and oxygen atoms in total. The molecule has 86 valence electrons. The highest BCUT2D eigenvalue weighted by Gasteiger charge is 2.32. The van der Waals surface area contributed by atoms with Gasteiger partial charge in [0.1, 0.15) is 0 Å². The Morgan fingerprint density at radius 3 is 2.60 bits per heavy atom. The predicted octanol–water partition coefficient (Wildman–Crippen LogP) is 2.16. The molecule has 2 aliphatic rings. The molecule has 2 N–H and O–H groups in total. The zero-order valence-electron chi connectivity index (χ0n) is 9.70. The van der Waals surface area contributed by atoms with Crippen LogP contribution >= 0.6 is 0 Å². The van der Waals surface area contributed by atoms with Gasteiger partial charge in [-0.1, -0.05) is 25.0 Å². The lowest BCUT2D eigenvalue weighted by molar-refractivity contribution is 0.208. The maximum absolute atomic E-state index is 5.46. The number of hydrogen-bond donors (Lipinski definition) is 1. The minimum Gasteiger partial charge on any atom is -0.327 e. The summed E-state index contributed by atoms with van der Waals surface area (Å²) < 4.78 is 0. The standard InChI is InChI=1S/C13H24N2/c14-9-3-4-10-15-11-5-8-13(15)12-6-1-2-7-12/h3-4,12-13H,1-2,5-11,14H2. The van der Waals surface area contributed by atoms with Crippen molar-refractivity contribution in [2.24, 2.45) is 11.7 Å². The highest BCUT2D eigenvalue weighted by Crippen LogP contribution is 2.35. The normalized spacial score (nSPS) is 29.5. The maximum Gasteiger partial charge on any atom is 0.0166 e. The molecule has 1 saturated heterocycles. The second-order valence-electron chi connectivity index (χ2n) is 4.96. The Morgan fingerprint density at radius 1 is 1.07 bits per heavy atom. The Kier molecular flexibility index (Phi) is 4.21. The monoisotopic (exact) mass is 208 g/mol. The van der Waals surface area contributed by atoms with Gasteiger partial charge in [0, 0.05) is 19.1 Å². The molecule has 2 rings (SSSR count). The van der Waals surface area contributed by atoms with Gasteiger partial charge in [-0.15, -0.1) is 0 Å². The second kappa shape index (κ2) is 5.66. The third-order valence-electron chi connectivity index (χ3n) is 4.00. The van der Waals surface area contributed by atoms with Crippen LogP contribution in [0.1, 0.15) is 38.5 Å². The summed E-state index contributed by atoms with van der Waals surface area (Å²) in [6, 6.07) is 0.884. The van der Waals surface area contributed by atoms with Gasteiger partial charge >= 0.3 is 0 Å². The van der Waals surface area contributed by atoms with Crippen LogP contribution in [0.3, 0.4) is 0 Å². The Hall–Kier alpha value is -0.340. The van der Waals surface area contributed by atoms with Gasteiger partial charge in [0.15, 0.2) is 0 Å². The van der Waals surface area contributed by atoms with E-state index in [1.807, 2.05) is 0 Å². The van der Waals surface area contributed by atoms with Gasteiger partial charge in [-0.05, 0) is 38.1 Å². The molecular weight excluding hydrogens is 184 g/mol. The van der Waals surface area contributed by atoms with Crippen molar-refractivity contribution in [2.75, 3.05) is 19.6 Å². The smallest absolute Gasteiger partial charge is 0.0166 e. The number of rotatable bonds is 4. The molecule has 0 aromatic carbocycles. The summed E-state index contributed by atoms with van der Waals surface area (Å²) in [4.78, 5) is 2.67. The fourth-order valence-electron chi connectivity index (χ4n) is 3.26. The average Bonchev–Trinajstić information content (AvgIpc) is 2.87. The van der Waals surface area contributed by atoms with Crippen molar-refractivity contribution >= 4 is 0 Å². The molecule has 0 amide bonds. The first-order valence-corrected chi connectivity index (χ1v) is 6.51. The maximum atomic E-state index is 5.46. The summed E-state index contributed by atoms with van der Waals surface area (Å²) in [5, 5.41) is 0. The minimum absolute atomic E-state index is 0.682. The Morgan fingerprint density at radius 2 is 1.87 bits per heavy atom. The second-order valence-corrected chi connectivity index (χ2v) is 4.96. The van der Waals surface area contributed by atoms with Gasteiger partial charge in [-0.2, -0.15) is 0 Å². The van der Waals surface area contributed by atoms with Crippen molar-refractivity contribution in [3.8, 4) is 0 Å². The van der Waals surface area contributed by atoms with E-state index in [1.54, 1.807) is 0 Å². The van der Waals surface area contributed by atoms with Crippen molar-refractivity contribution < 1.29 is 0 Å². The largest absolute Gasteiger partial charge is 0.327 e. The van der Waals surface area contributed by atoms with Gasteiger partial charge in [-0.25, -0.2) is 0 Å². The first kappa shape index (κ1) is 11.2. The molecule has 1 aliphatic heterocycles. The fraction of sp³-hybridized carbons (Fsp3) is 0.846. The number of nitrogens with two attached hydrogens (primary N) is 1. The molecule has 1 unspecified atom stereocenters. The summed E-state index contributed by atoms with van der Waals surface area (Å²) >= 11 is 0. The summed E-state index contributed by atoms with van der Waals surface area (Å²) in [6.07, 6.45) is 13.0. The van der Waals surface area contributed by atoms with E-state index in [0.717, 1.165) is 18.5 Å². The van der Waals surface area contributed by atoms with Gasteiger partial charge in [-0.3, -0.25) is 4.90 Å². The highest BCUT2D eigenvalue weighted by molar-refractivity contribution is 4.93. The molecule has 0 radical (unpaired) electrons. The van der Waals surface area contributed by atoms with E-state index in [4.69, 9.17) is 5.73 Å². The van der Waals surface area contributed by atoms with E-state index in [9.17, 15) is 0 Å². The van der Waals surface area contributed by atoms with E-state index in [-0.39, 0.29) is 0 Å². The van der Waals surface area contributed by atoms with E-state index in [0.29, 0.717) is 6.54 Å². The molecule has 1 heterocycles. The fourth-order valence-corrected chi connectivity index (χ4v) is 3.26. The molecule has 2 heteroatoms. The number of likely N-dealkylation sites (tertiary alicyclic amines) is 1. The summed E-state index contributed by atoms with van der Waals surface area (Å²) in [5.74, 6) is 0.999. The number of hydrogen-bond acceptors (Lipinski definition) is 2. The topological polar surface area (TPSA) is 29.3 Å². The van der Waals surface area contributed by atoms with Crippen LogP contribution in [0.25, 0.3) is 0 Å². The predicted molar refractivity (Wildman–Crippen MR) is 64.7 cm³/mol. The molecule has 1 atom stereocenters. The lowest BCUT2D eigenvalue weighted by Crippen LogP contribution is -2.34. The van der Waals surface area contributed by atoms with Crippen LogP contribution < -0.4 is 5.73 Å². The Bertz CT molecular complexity index is 207. The first-order valence-electron chi connectivity index (χ1n) is 6.51. The van der Waals surface area contributed by atoms with E-state index < -0.39 is 0 Å². The van der Waals surface area contributed by atoms with Crippen LogP contribution in [0, 0.1) is 5.92 Å². The highest BCUT2D eigenvalue weighted by atomic mass is 15.2. The lowest BCUT2D eigenvalue weighted by atomic mass is 9.96. The van der Waals surface area contributed by atoms with Gasteiger partial charge < -0.3 is 5.73 Å². The third kappa shape index (κ3) is 2.82. The van der Waals surface area contributed by atoms with Crippen molar-refractivity contribution in [3.05, 3.63) is 12.2 Å². The Balaban J connectivity index is 1.84. The molecule has 0 spiro atoms. The summed E-state index contributed by atoms with van der Waals surface area (Å²) in [6.45, 7) is 3.11. The van der Waals surface area contributed by atoms with Crippen LogP contribution in [0.5, 0.6) is 0 Å². The quantitative estimate of drug-likeness (QED) is 0.717. The van der Waals surface area contributed by atoms with E-state index in [1.165, 1.54) is 45.1 Å². The molecular formula is C13H24N2. The van der Waals surface area contributed by atoms with E-state index >= 15 is 0 Å². The van der Waals surface area contributed by atoms with Crippen LogP contribution in [0.2, 0.25) is 0 Å². The van der Waals surface area contributed by atoms with Crippen molar-refractivity contribution in [3.63, 3.8) is 0 Å². The summed E-state index contributed by atoms with van der Waals surface area (Å²) in [5.41, 5.74) is 5.46. The van der Waals surface area contributed by atoms with Crippen molar-refractivity contribution in [2.45, 2.75) is 44.6 Å². The van der Waals surface area contributed by atoms with Gasteiger partial charge in [0.05, 0.1) is 0 Å². The Labute approximate surface area is 93.5 Å². The van der Waals surface area contributed by atoms with Crippen molar-refractivity contribution in [1.29, 1.82) is 0 Å². The van der Waals surface area contributed by atoms with Crippen LogP contribution in [0.4, 0.5) is 0 Å². The SMILES string of the molecule is NCC=CCN1CCCC1C1CCCC1. The van der Waals surface area contributed by atoms with Crippen LogP contribution in [-0.4, -0.2) is 30.6 Å². The molecule has 2 fully saturated rings. The number of nitrogens with zero attached hydrogens (tertiary/aromatic N) is 1. The molecule has 15 heavy (non-hydrogen) atoms. The van der Waals surface area contributed by atoms with Gasteiger partial charge in [0.25, 0.3) is 0 Å². The third-order valence-corrected chi connectivity index (χ3v) is 4.00. The average molecular weight is 208 g/mol. The molecule has 1 saturated carbocycles. The molecule has 0 aromatic heterocycles. The van der Waals surface area contributed by atoms with Crippen LogP contribution in [0.15, 0.2) is 12.2 Å². The lowest BCUT2D eigenvalue weighted by Gasteiger charge is -2.28. The zero-order chi connectivity index (χ0) is 10.5. The molecule has 1 aliphatic carbocycles.